The first-order valence-electron chi connectivity index (χ1n) is 15.6. The second-order valence-corrected chi connectivity index (χ2v) is 12.6. The van der Waals surface area contributed by atoms with E-state index >= 15 is 0 Å². The minimum absolute atomic E-state index is 0.00180. The molecule has 1 aliphatic heterocycles. The number of amides is 6. The molecule has 3 atom stereocenters. The molecule has 6 N–H and O–H groups in total. The molecule has 0 aliphatic carbocycles. The highest BCUT2D eigenvalue weighted by atomic mass is 31.2. The van der Waals surface area contributed by atoms with Crippen molar-refractivity contribution in [1.82, 2.24) is 25.8 Å². The number of hydrogen-bond donors (Lipinski definition) is 6. The summed E-state index contributed by atoms with van der Waals surface area (Å²) in [6.45, 7) is -0.452. The maximum atomic E-state index is 13.8. The Morgan fingerprint density at radius 3 is 1.76 bits per heavy atom. The number of aliphatic carboxylic acids is 1. The Bertz CT molecular complexity index is 1790. The van der Waals surface area contributed by atoms with E-state index in [1.807, 2.05) is 0 Å². The van der Waals surface area contributed by atoms with Crippen LogP contribution in [0.1, 0.15) is 16.7 Å². The summed E-state index contributed by atoms with van der Waals surface area (Å²) < 4.78 is 15.6. The Labute approximate surface area is 292 Å². The van der Waals surface area contributed by atoms with Crippen LogP contribution >= 0.6 is 7.82 Å². The number of rotatable bonds is 17. The standard InChI is InChI=1S/C34H36N5O11P/c40-22-39-17-7-16-38(34(39)46)21-30(41)35-27(18-23-8-3-1-4-9-23)31(42)36-28(19-24-10-5-2-6-11-24)32(43)37-29(33(44)45)20-25-12-14-26(15-13-25)50-51(47,48)49/h1-16,22,27-29H,17-21H2,(H,35,41)(H,36,42)(H,37,43)(H,44,45)(H2,47,48,49). The van der Waals surface area contributed by atoms with Gasteiger partial charge in [-0.2, -0.15) is 0 Å². The molecule has 0 spiro atoms. The van der Waals surface area contributed by atoms with Gasteiger partial charge in [-0.05, 0) is 34.9 Å². The zero-order valence-corrected chi connectivity index (χ0v) is 27.9. The molecule has 16 nitrogen and oxygen atoms in total. The van der Waals surface area contributed by atoms with Crippen LogP contribution in [0.15, 0.2) is 97.2 Å². The van der Waals surface area contributed by atoms with Gasteiger partial charge in [0, 0.05) is 32.0 Å². The lowest BCUT2D eigenvalue weighted by Crippen LogP contribution is -2.58. The summed E-state index contributed by atoms with van der Waals surface area (Å²) in [5.41, 5.74) is 1.71. The van der Waals surface area contributed by atoms with Crippen molar-refractivity contribution in [3.63, 3.8) is 0 Å². The average Bonchev–Trinajstić information content (AvgIpc) is 3.09. The third-order valence-electron chi connectivity index (χ3n) is 7.57. The van der Waals surface area contributed by atoms with Gasteiger partial charge in [0.15, 0.2) is 0 Å². The van der Waals surface area contributed by atoms with E-state index < -0.39 is 62.2 Å². The summed E-state index contributed by atoms with van der Waals surface area (Å²) in [5, 5.41) is 17.7. The number of phosphoric ester groups is 1. The van der Waals surface area contributed by atoms with Gasteiger partial charge in [-0.3, -0.25) is 38.8 Å². The molecule has 0 bridgehead atoms. The molecule has 6 amide bonds. The Hall–Kier alpha value is -5.83. The highest BCUT2D eigenvalue weighted by molar-refractivity contribution is 7.46. The Balaban J connectivity index is 1.53. The van der Waals surface area contributed by atoms with E-state index in [-0.39, 0.29) is 31.6 Å². The van der Waals surface area contributed by atoms with Crippen LogP contribution < -0.4 is 20.5 Å². The van der Waals surface area contributed by atoms with Gasteiger partial charge < -0.3 is 25.6 Å². The predicted octanol–water partition coefficient (Wildman–Crippen LogP) is 1.13. The molecule has 51 heavy (non-hydrogen) atoms. The first-order valence-corrected chi connectivity index (χ1v) is 17.1. The lowest BCUT2D eigenvalue weighted by Gasteiger charge is -2.28. The number of urea groups is 1. The van der Waals surface area contributed by atoms with Gasteiger partial charge in [0.25, 0.3) is 0 Å². The summed E-state index contributed by atoms with van der Waals surface area (Å²) in [6.07, 6.45) is 2.96. The number of carboxylic acids is 1. The molecule has 0 radical (unpaired) electrons. The fourth-order valence-electron chi connectivity index (χ4n) is 5.12. The minimum Gasteiger partial charge on any atom is -0.480 e. The van der Waals surface area contributed by atoms with E-state index in [0.717, 1.165) is 9.80 Å². The van der Waals surface area contributed by atoms with Crippen molar-refractivity contribution in [2.75, 3.05) is 13.1 Å². The quantitative estimate of drug-likeness (QED) is 0.0855. The first-order chi connectivity index (χ1) is 24.3. The van der Waals surface area contributed by atoms with Crippen LogP contribution in [-0.2, 0) is 47.8 Å². The molecule has 4 rings (SSSR count). The number of benzene rings is 3. The molecule has 1 aliphatic rings. The number of phosphoric acid groups is 1. The van der Waals surface area contributed by atoms with Gasteiger partial charge in [-0.1, -0.05) is 72.8 Å². The molecule has 17 heteroatoms. The van der Waals surface area contributed by atoms with Crippen LogP contribution in [0.25, 0.3) is 0 Å². The molecule has 3 unspecified atom stereocenters. The molecule has 0 saturated carbocycles. The molecule has 3 aromatic rings. The average molecular weight is 722 g/mol. The third-order valence-corrected chi connectivity index (χ3v) is 8.02. The second kappa shape index (κ2) is 17.7. The number of nitrogens with one attached hydrogen (secondary N) is 3. The summed E-state index contributed by atoms with van der Waals surface area (Å²) >= 11 is 0. The van der Waals surface area contributed by atoms with Crippen LogP contribution in [0.4, 0.5) is 4.79 Å². The van der Waals surface area contributed by atoms with E-state index in [1.165, 1.54) is 36.5 Å². The van der Waals surface area contributed by atoms with Crippen molar-refractivity contribution < 1.29 is 52.7 Å². The van der Waals surface area contributed by atoms with E-state index in [1.54, 1.807) is 60.7 Å². The SMILES string of the molecule is O=CN1CC=CN(CC(=O)NC(Cc2ccccc2)C(=O)NC(Cc2ccccc2)C(=O)NC(Cc2ccc(OP(=O)(O)O)cc2)C(=O)O)C1=O. The highest BCUT2D eigenvalue weighted by Crippen LogP contribution is 2.37. The van der Waals surface area contributed by atoms with Gasteiger partial charge in [0.1, 0.15) is 30.4 Å². The Morgan fingerprint density at radius 1 is 0.765 bits per heavy atom. The Kier molecular flexibility index (Phi) is 13.2. The summed E-state index contributed by atoms with van der Waals surface area (Å²) in [7, 11) is -4.81. The van der Waals surface area contributed by atoms with Crippen LogP contribution in [0.5, 0.6) is 5.75 Å². The van der Waals surface area contributed by atoms with E-state index in [2.05, 4.69) is 20.5 Å². The smallest absolute Gasteiger partial charge is 0.480 e. The zero-order valence-electron chi connectivity index (χ0n) is 27.0. The predicted molar refractivity (Wildman–Crippen MR) is 181 cm³/mol. The Morgan fingerprint density at radius 2 is 1.25 bits per heavy atom. The largest absolute Gasteiger partial charge is 0.524 e. The van der Waals surface area contributed by atoms with Crippen molar-refractivity contribution in [2.24, 2.45) is 0 Å². The number of carbonyl (C=O) groups excluding carboxylic acids is 5. The monoisotopic (exact) mass is 721 g/mol. The molecular formula is C34H36N5O11P. The van der Waals surface area contributed by atoms with Crippen LogP contribution in [0, 0.1) is 0 Å². The van der Waals surface area contributed by atoms with E-state index in [9.17, 15) is 38.4 Å². The van der Waals surface area contributed by atoms with Crippen molar-refractivity contribution in [2.45, 2.75) is 37.4 Å². The van der Waals surface area contributed by atoms with Gasteiger partial charge in [-0.15, -0.1) is 0 Å². The molecule has 0 fully saturated rings. The molecule has 0 aromatic heterocycles. The van der Waals surface area contributed by atoms with Crippen molar-refractivity contribution in [3.05, 3.63) is 114 Å². The number of hydrogen-bond acceptors (Lipinski definition) is 8. The summed E-state index contributed by atoms with van der Waals surface area (Å²) in [5.74, 6) is -3.83. The fraction of sp³-hybridized carbons (Fsp3) is 0.235. The van der Waals surface area contributed by atoms with Gasteiger partial charge in [-0.25, -0.2) is 14.2 Å². The molecule has 3 aromatic carbocycles. The summed E-state index contributed by atoms with van der Waals surface area (Å²) in [4.78, 5) is 96.5. The lowest BCUT2D eigenvalue weighted by atomic mass is 10.0. The van der Waals surface area contributed by atoms with Crippen LogP contribution in [0.3, 0.4) is 0 Å². The number of carboxylic acid groups (broad SMARTS) is 1. The second-order valence-electron chi connectivity index (χ2n) is 11.4. The van der Waals surface area contributed by atoms with Crippen molar-refractivity contribution in [1.29, 1.82) is 0 Å². The fourth-order valence-corrected chi connectivity index (χ4v) is 5.52. The normalized spacial score (nSPS) is 14.5. The van der Waals surface area contributed by atoms with Crippen molar-refractivity contribution in [3.8, 4) is 5.75 Å². The first kappa shape index (κ1) is 38.0. The molecule has 1 heterocycles. The van der Waals surface area contributed by atoms with Gasteiger partial charge in [0.2, 0.25) is 24.1 Å². The minimum atomic E-state index is -4.81. The number of carbonyl (C=O) groups is 6. The van der Waals surface area contributed by atoms with Gasteiger partial charge >= 0.3 is 19.8 Å². The summed E-state index contributed by atoms with van der Waals surface area (Å²) in [6, 6.07) is 17.9. The number of imide groups is 1. The molecule has 268 valence electrons. The maximum Gasteiger partial charge on any atom is 0.524 e. The molecular weight excluding hydrogens is 685 g/mol. The highest BCUT2D eigenvalue weighted by Gasteiger charge is 2.31. The maximum absolute atomic E-state index is 13.8. The van der Waals surface area contributed by atoms with E-state index in [0.29, 0.717) is 23.1 Å². The number of nitrogens with zero attached hydrogens (tertiary/aromatic N) is 2. The topological polar surface area (TPSA) is 232 Å². The van der Waals surface area contributed by atoms with Crippen LogP contribution in [-0.4, -0.2) is 92.0 Å². The third kappa shape index (κ3) is 11.9. The zero-order chi connectivity index (χ0) is 37.0. The van der Waals surface area contributed by atoms with Crippen molar-refractivity contribution >= 4 is 44.0 Å². The molecule has 0 saturated heterocycles. The van der Waals surface area contributed by atoms with Crippen LogP contribution in [0.2, 0.25) is 0 Å². The lowest BCUT2D eigenvalue weighted by molar-refractivity contribution is -0.142. The van der Waals surface area contributed by atoms with Gasteiger partial charge in [0.05, 0.1) is 0 Å². The van der Waals surface area contributed by atoms with E-state index in [4.69, 9.17) is 9.79 Å².